The molecule has 1 unspecified atom stereocenters. The summed E-state index contributed by atoms with van der Waals surface area (Å²) in [6.45, 7) is 4.32. The second kappa shape index (κ2) is 6.93. The highest BCUT2D eigenvalue weighted by Gasteiger charge is 2.38. The quantitative estimate of drug-likeness (QED) is 0.781. The lowest BCUT2D eigenvalue weighted by Gasteiger charge is -2.38. The fraction of sp³-hybridized carbons (Fsp3) is 0.941. The third-order valence-corrected chi connectivity index (χ3v) is 5.34. The topological polar surface area (TPSA) is 38.3 Å². The average Bonchev–Trinajstić information content (AvgIpc) is 2.88. The molecule has 0 aromatic heterocycles. The molecule has 0 saturated heterocycles. The van der Waals surface area contributed by atoms with Crippen LogP contribution in [0.4, 0.5) is 0 Å². The van der Waals surface area contributed by atoms with Crippen LogP contribution in [0.3, 0.4) is 0 Å². The van der Waals surface area contributed by atoms with Gasteiger partial charge in [-0.05, 0) is 56.3 Å². The molecule has 2 aliphatic rings. The van der Waals surface area contributed by atoms with Crippen molar-refractivity contribution in [1.29, 1.82) is 0 Å². The Hall–Kier alpha value is -0.570. The Labute approximate surface area is 123 Å². The van der Waals surface area contributed by atoms with E-state index in [-0.39, 0.29) is 12.0 Å². The third-order valence-electron chi connectivity index (χ3n) is 5.34. The molecule has 0 heterocycles. The van der Waals surface area contributed by atoms with Gasteiger partial charge >= 0.3 is 5.97 Å². The minimum Gasteiger partial charge on any atom is -0.468 e. The smallest absolute Gasteiger partial charge is 0.322 e. The molecule has 1 N–H and O–H groups in total. The van der Waals surface area contributed by atoms with Gasteiger partial charge in [-0.3, -0.25) is 4.79 Å². The van der Waals surface area contributed by atoms with Crippen molar-refractivity contribution < 1.29 is 9.53 Å². The number of hydrogen-bond acceptors (Lipinski definition) is 3. The first-order valence-electron chi connectivity index (χ1n) is 8.38. The lowest BCUT2D eigenvalue weighted by Crippen LogP contribution is -2.47. The standard InChI is InChI=1S/C17H31NO2/c1-13(2)12-15(16(19)20-3)18-14-6-10-17(11-7-14)8-4-5-9-17/h13-15,18H,4-12H2,1-3H3. The monoisotopic (exact) mass is 281 g/mol. The van der Waals surface area contributed by atoms with Crippen LogP contribution in [0, 0.1) is 11.3 Å². The number of ether oxygens (including phenoxy) is 1. The van der Waals surface area contributed by atoms with Crippen LogP contribution >= 0.6 is 0 Å². The molecule has 3 heteroatoms. The molecule has 0 radical (unpaired) electrons. The lowest BCUT2D eigenvalue weighted by atomic mass is 9.71. The van der Waals surface area contributed by atoms with E-state index in [1.807, 2.05) is 0 Å². The van der Waals surface area contributed by atoms with Gasteiger partial charge in [0, 0.05) is 6.04 Å². The summed E-state index contributed by atoms with van der Waals surface area (Å²) in [5, 5.41) is 3.57. The summed E-state index contributed by atoms with van der Waals surface area (Å²) in [6, 6.07) is 0.381. The highest BCUT2D eigenvalue weighted by molar-refractivity contribution is 5.75. The normalized spacial score (nSPS) is 24.2. The SMILES string of the molecule is COC(=O)C(CC(C)C)NC1CCC2(CCCC2)CC1. The molecule has 1 spiro atoms. The van der Waals surface area contributed by atoms with Crippen LogP contribution in [-0.4, -0.2) is 25.2 Å². The molecular weight excluding hydrogens is 250 g/mol. The molecule has 0 aromatic rings. The van der Waals surface area contributed by atoms with Gasteiger partial charge < -0.3 is 10.1 Å². The van der Waals surface area contributed by atoms with Crippen LogP contribution < -0.4 is 5.32 Å². The molecule has 116 valence electrons. The van der Waals surface area contributed by atoms with Crippen LogP contribution in [-0.2, 0) is 9.53 Å². The molecule has 0 bridgehead atoms. The second-order valence-corrected chi connectivity index (χ2v) is 7.35. The van der Waals surface area contributed by atoms with Crippen LogP contribution in [0.2, 0.25) is 0 Å². The lowest BCUT2D eigenvalue weighted by molar-refractivity contribution is -0.144. The summed E-state index contributed by atoms with van der Waals surface area (Å²) < 4.78 is 4.95. The minimum absolute atomic E-state index is 0.0974. The average molecular weight is 281 g/mol. The first-order valence-corrected chi connectivity index (χ1v) is 8.38. The Morgan fingerprint density at radius 3 is 2.30 bits per heavy atom. The van der Waals surface area contributed by atoms with Gasteiger partial charge in [-0.1, -0.05) is 26.7 Å². The fourth-order valence-corrected chi connectivity index (χ4v) is 4.15. The number of hydrogen-bond donors (Lipinski definition) is 1. The Balaban J connectivity index is 1.84. The predicted octanol–water partition coefficient (Wildman–Crippen LogP) is 3.67. The van der Waals surface area contributed by atoms with E-state index in [9.17, 15) is 4.79 Å². The van der Waals surface area contributed by atoms with Crippen molar-refractivity contribution in [3.05, 3.63) is 0 Å². The van der Waals surface area contributed by atoms with Gasteiger partial charge in [0.25, 0.3) is 0 Å². The Morgan fingerprint density at radius 2 is 1.80 bits per heavy atom. The first-order chi connectivity index (χ1) is 9.54. The zero-order valence-electron chi connectivity index (χ0n) is 13.4. The molecule has 2 saturated carbocycles. The highest BCUT2D eigenvalue weighted by atomic mass is 16.5. The van der Waals surface area contributed by atoms with E-state index in [1.54, 1.807) is 0 Å². The van der Waals surface area contributed by atoms with E-state index in [1.165, 1.54) is 58.5 Å². The molecule has 2 rings (SSSR count). The molecule has 2 aliphatic carbocycles. The number of rotatable bonds is 5. The van der Waals surface area contributed by atoms with Gasteiger partial charge in [0.15, 0.2) is 0 Å². The minimum atomic E-state index is -0.123. The first kappa shape index (κ1) is 15.8. The Bertz CT molecular complexity index is 311. The van der Waals surface area contributed by atoms with Gasteiger partial charge in [-0.2, -0.15) is 0 Å². The molecule has 0 aromatic carbocycles. The van der Waals surface area contributed by atoms with Crippen LogP contribution in [0.25, 0.3) is 0 Å². The zero-order valence-corrected chi connectivity index (χ0v) is 13.4. The Kier molecular flexibility index (Phi) is 5.48. The van der Waals surface area contributed by atoms with Crippen LogP contribution in [0.15, 0.2) is 0 Å². The van der Waals surface area contributed by atoms with E-state index >= 15 is 0 Å². The van der Waals surface area contributed by atoms with Gasteiger partial charge in [0.05, 0.1) is 7.11 Å². The van der Waals surface area contributed by atoms with Crippen molar-refractivity contribution in [2.24, 2.45) is 11.3 Å². The zero-order chi connectivity index (χ0) is 14.6. The molecule has 2 fully saturated rings. The molecule has 0 aliphatic heterocycles. The van der Waals surface area contributed by atoms with Crippen LogP contribution in [0.1, 0.15) is 71.6 Å². The number of nitrogens with one attached hydrogen (secondary N) is 1. The highest BCUT2D eigenvalue weighted by Crippen LogP contribution is 2.48. The molecule has 3 nitrogen and oxygen atoms in total. The maximum absolute atomic E-state index is 11.9. The largest absolute Gasteiger partial charge is 0.468 e. The van der Waals surface area contributed by atoms with E-state index in [4.69, 9.17) is 4.74 Å². The van der Waals surface area contributed by atoms with E-state index < -0.39 is 0 Å². The molecule has 0 amide bonds. The fourth-order valence-electron chi connectivity index (χ4n) is 4.15. The summed E-state index contributed by atoms with van der Waals surface area (Å²) in [5.41, 5.74) is 0.664. The van der Waals surface area contributed by atoms with Crippen molar-refractivity contribution in [3.63, 3.8) is 0 Å². The third kappa shape index (κ3) is 3.97. The number of carbonyl (C=O) groups excluding carboxylic acids is 1. The summed E-state index contributed by atoms with van der Waals surface area (Å²) in [5.74, 6) is 0.413. The summed E-state index contributed by atoms with van der Waals surface area (Å²) in [7, 11) is 1.49. The van der Waals surface area contributed by atoms with Gasteiger partial charge in [-0.15, -0.1) is 0 Å². The van der Waals surface area contributed by atoms with Crippen LogP contribution in [0.5, 0.6) is 0 Å². The van der Waals surface area contributed by atoms with Crippen molar-refractivity contribution in [3.8, 4) is 0 Å². The van der Waals surface area contributed by atoms with Crippen molar-refractivity contribution in [2.45, 2.75) is 83.7 Å². The maximum atomic E-state index is 11.9. The molecular formula is C17H31NO2. The summed E-state index contributed by atoms with van der Waals surface area (Å²) >= 11 is 0. The summed E-state index contributed by atoms with van der Waals surface area (Å²) in [6.07, 6.45) is 11.7. The van der Waals surface area contributed by atoms with Crippen molar-refractivity contribution >= 4 is 5.97 Å². The second-order valence-electron chi connectivity index (χ2n) is 7.35. The molecule has 20 heavy (non-hydrogen) atoms. The number of methoxy groups -OCH3 is 1. The number of carbonyl (C=O) groups is 1. The van der Waals surface area contributed by atoms with Gasteiger partial charge in [0.2, 0.25) is 0 Å². The van der Waals surface area contributed by atoms with Crippen molar-refractivity contribution in [1.82, 2.24) is 5.32 Å². The Morgan fingerprint density at radius 1 is 1.20 bits per heavy atom. The van der Waals surface area contributed by atoms with Crippen molar-refractivity contribution in [2.75, 3.05) is 7.11 Å². The number of esters is 1. The van der Waals surface area contributed by atoms with E-state index in [0.29, 0.717) is 17.4 Å². The maximum Gasteiger partial charge on any atom is 0.322 e. The van der Waals surface area contributed by atoms with Gasteiger partial charge in [-0.25, -0.2) is 0 Å². The summed E-state index contributed by atoms with van der Waals surface area (Å²) in [4.78, 5) is 11.9. The predicted molar refractivity (Wildman–Crippen MR) is 81.6 cm³/mol. The van der Waals surface area contributed by atoms with E-state index in [2.05, 4.69) is 19.2 Å². The van der Waals surface area contributed by atoms with E-state index in [0.717, 1.165) is 6.42 Å². The van der Waals surface area contributed by atoms with Gasteiger partial charge in [0.1, 0.15) is 6.04 Å². The molecule has 1 atom stereocenters.